The van der Waals surface area contributed by atoms with Crippen molar-refractivity contribution in [2.24, 2.45) is 4.99 Å². The number of guanidine groups is 1. The Balaban J connectivity index is 1.44. The number of fused-ring (bicyclic) bond motifs is 1. The number of thiophene rings is 1. The van der Waals surface area contributed by atoms with Gasteiger partial charge in [0.1, 0.15) is 11.6 Å². The van der Waals surface area contributed by atoms with E-state index >= 15 is 0 Å². The Labute approximate surface area is 160 Å². The first-order valence-corrected chi connectivity index (χ1v) is 10.7. The number of aromatic nitrogens is 3. The van der Waals surface area contributed by atoms with Crippen LogP contribution < -0.4 is 10.6 Å². The summed E-state index contributed by atoms with van der Waals surface area (Å²) in [6.45, 7) is 5.76. The molecule has 2 aromatic heterocycles. The summed E-state index contributed by atoms with van der Waals surface area (Å²) in [6, 6.07) is 4.28. The van der Waals surface area contributed by atoms with Crippen molar-refractivity contribution in [2.45, 2.75) is 58.4 Å². The first kappa shape index (κ1) is 18.9. The SMILES string of the molecule is CCNC(=NCCCc1nnc2n1CCCCC2)NCCc1cccs1. The van der Waals surface area contributed by atoms with Crippen LogP contribution in [0.4, 0.5) is 0 Å². The number of hydrogen-bond acceptors (Lipinski definition) is 4. The van der Waals surface area contributed by atoms with E-state index in [1.165, 1.54) is 30.0 Å². The van der Waals surface area contributed by atoms with E-state index in [1.807, 2.05) is 0 Å². The molecule has 0 bridgehead atoms. The number of aryl methyl sites for hydroxylation is 2. The highest BCUT2D eigenvalue weighted by atomic mass is 32.1. The lowest BCUT2D eigenvalue weighted by atomic mass is 10.2. The summed E-state index contributed by atoms with van der Waals surface area (Å²) < 4.78 is 2.33. The van der Waals surface area contributed by atoms with E-state index in [-0.39, 0.29) is 0 Å². The second-order valence-electron chi connectivity index (χ2n) is 6.62. The van der Waals surface area contributed by atoms with Gasteiger partial charge in [-0.1, -0.05) is 12.5 Å². The van der Waals surface area contributed by atoms with Crippen molar-refractivity contribution in [3.05, 3.63) is 34.0 Å². The molecule has 26 heavy (non-hydrogen) atoms. The zero-order valence-corrected chi connectivity index (χ0v) is 16.5. The molecule has 0 spiro atoms. The Morgan fingerprint density at radius 1 is 1.23 bits per heavy atom. The smallest absolute Gasteiger partial charge is 0.191 e. The molecular formula is C19H30N6S. The zero-order chi connectivity index (χ0) is 18.0. The van der Waals surface area contributed by atoms with E-state index in [4.69, 9.17) is 4.99 Å². The van der Waals surface area contributed by atoms with E-state index in [0.717, 1.165) is 63.6 Å². The maximum Gasteiger partial charge on any atom is 0.191 e. The van der Waals surface area contributed by atoms with Crippen molar-refractivity contribution < 1.29 is 0 Å². The number of aliphatic imine (C=N–C) groups is 1. The van der Waals surface area contributed by atoms with E-state index in [1.54, 1.807) is 11.3 Å². The van der Waals surface area contributed by atoms with Gasteiger partial charge in [-0.15, -0.1) is 21.5 Å². The summed E-state index contributed by atoms with van der Waals surface area (Å²) in [6.07, 6.45) is 7.85. The average molecular weight is 375 g/mol. The summed E-state index contributed by atoms with van der Waals surface area (Å²) >= 11 is 1.81. The molecule has 2 aromatic rings. The second-order valence-corrected chi connectivity index (χ2v) is 7.65. The standard InChI is InChI=1S/C19H30N6S/c1-2-20-19(22-13-11-16-8-7-15-26-16)21-12-6-10-18-24-23-17-9-4-3-5-14-25(17)18/h7-8,15H,2-6,9-14H2,1H3,(H2,20,21,22). The van der Waals surface area contributed by atoms with Crippen molar-refractivity contribution in [1.82, 2.24) is 25.4 Å². The lowest BCUT2D eigenvalue weighted by molar-refractivity contribution is 0.597. The molecule has 3 heterocycles. The second kappa shape index (κ2) is 10.3. The van der Waals surface area contributed by atoms with Crippen LogP contribution in [0, 0.1) is 0 Å². The molecule has 0 aliphatic carbocycles. The maximum atomic E-state index is 4.70. The molecule has 2 N–H and O–H groups in total. The van der Waals surface area contributed by atoms with E-state index in [2.05, 4.69) is 49.8 Å². The van der Waals surface area contributed by atoms with E-state index < -0.39 is 0 Å². The third kappa shape index (κ3) is 5.56. The van der Waals surface area contributed by atoms with Crippen LogP contribution in [-0.4, -0.2) is 40.4 Å². The Bertz CT molecular complexity index is 676. The van der Waals surface area contributed by atoms with Crippen molar-refractivity contribution >= 4 is 17.3 Å². The normalized spacial score (nSPS) is 14.7. The molecule has 0 aromatic carbocycles. The first-order valence-electron chi connectivity index (χ1n) is 9.82. The highest BCUT2D eigenvalue weighted by molar-refractivity contribution is 7.09. The number of nitrogens with one attached hydrogen (secondary N) is 2. The van der Waals surface area contributed by atoms with Gasteiger partial charge < -0.3 is 15.2 Å². The predicted molar refractivity (Wildman–Crippen MR) is 108 cm³/mol. The van der Waals surface area contributed by atoms with Gasteiger partial charge in [-0.2, -0.15) is 0 Å². The van der Waals surface area contributed by atoms with E-state index in [9.17, 15) is 0 Å². The summed E-state index contributed by atoms with van der Waals surface area (Å²) in [5.41, 5.74) is 0. The summed E-state index contributed by atoms with van der Waals surface area (Å²) in [4.78, 5) is 6.11. The molecule has 0 unspecified atom stereocenters. The largest absolute Gasteiger partial charge is 0.357 e. The minimum absolute atomic E-state index is 0.802. The van der Waals surface area contributed by atoms with Crippen LogP contribution in [0.25, 0.3) is 0 Å². The zero-order valence-electron chi connectivity index (χ0n) is 15.7. The third-order valence-corrected chi connectivity index (χ3v) is 5.54. The third-order valence-electron chi connectivity index (χ3n) is 4.60. The lowest BCUT2D eigenvalue weighted by Crippen LogP contribution is -2.38. The van der Waals surface area contributed by atoms with Gasteiger partial charge in [0, 0.05) is 43.9 Å². The molecule has 0 atom stereocenters. The fourth-order valence-electron chi connectivity index (χ4n) is 3.26. The van der Waals surface area contributed by atoms with Gasteiger partial charge in [-0.25, -0.2) is 0 Å². The van der Waals surface area contributed by atoms with Gasteiger partial charge in [0.05, 0.1) is 0 Å². The molecular weight excluding hydrogens is 344 g/mol. The van der Waals surface area contributed by atoms with Gasteiger partial charge >= 0.3 is 0 Å². The molecule has 1 aliphatic heterocycles. The number of nitrogens with zero attached hydrogens (tertiary/aromatic N) is 4. The molecule has 142 valence electrons. The van der Waals surface area contributed by atoms with Gasteiger partial charge in [0.2, 0.25) is 0 Å². The van der Waals surface area contributed by atoms with Crippen LogP contribution in [0.1, 0.15) is 49.1 Å². The summed E-state index contributed by atoms with van der Waals surface area (Å²) in [7, 11) is 0. The van der Waals surface area contributed by atoms with Gasteiger partial charge in [0.25, 0.3) is 0 Å². The van der Waals surface area contributed by atoms with Gasteiger partial charge in [-0.3, -0.25) is 4.99 Å². The fraction of sp³-hybridized carbons (Fsp3) is 0.632. The Morgan fingerprint density at radius 2 is 2.19 bits per heavy atom. The number of rotatable bonds is 8. The van der Waals surface area contributed by atoms with E-state index in [0.29, 0.717) is 0 Å². The predicted octanol–water partition coefficient (Wildman–Crippen LogP) is 2.80. The van der Waals surface area contributed by atoms with Crippen molar-refractivity contribution in [1.29, 1.82) is 0 Å². The average Bonchev–Trinajstić information content (AvgIpc) is 3.23. The Kier molecular flexibility index (Phi) is 7.49. The van der Waals surface area contributed by atoms with Crippen LogP contribution in [0.5, 0.6) is 0 Å². The molecule has 3 rings (SSSR count). The summed E-state index contributed by atoms with van der Waals surface area (Å²) in [5, 5.41) is 17.7. The quantitative estimate of drug-likeness (QED) is 0.424. The van der Waals surface area contributed by atoms with Gasteiger partial charge in [0.15, 0.2) is 5.96 Å². The molecule has 0 fully saturated rings. The molecule has 0 radical (unpaired) electrons. The monoisotopic (exact) mass is 374 g/mol. The van der Waals surface area contributed by atoms with Gasteiger partial charge in [-0.05, 0) is 44.1 Å². The van der Waals surface area contributed by atoms with Crippen LogP contribution in [0.2, 0.25) is 0 Å². The topological polar surface area (TPSA) is 67.1 Å². The van der Waals surface area contributed by atoms with Crippen LogP contribution >= 0.6 is 11.3 Å². The molecule has 0 amide bonds. The van der Waals surface area contributed by atoms with Crippen molar-refractivity contribution in [2.75, 3.05) is 19.6 Å². The van der Waals surface area contributed by atoms with Crippen LogP contribution in [-0.2, 0) is 25.8 Å². The molecule has 0 saturated carbocycles. The minimum Gasteiger partial charge on any atom is -0.357 e. The Hall–Kier alpha value is -1.89. The van der Waals surface area contributed by atoms with Crippen LogP contribution in [0.3, 0.4) is 0 Å². The molecule has 7 heteroatoms. The summed E-state index contributed by atoms with van der Waals surface area (Å²) in [5.74, 6) is 3.21. The molecule has 0 saturated heterocycles. The lowest BCUT2D eigenvalue weighted by Gasteiger charge is -2.11. The minimum atomic E-state index is 0.802. The highest BCUT2D eigenvalue weighted by Gasteiger charge is 2.13. The number of hydrogen-bond donors (Lipinski definition) is 2. The first-order chi connectivity index (χ1) is 12.9. The maximum absolute atomic E-state index is 4.70. The Morgan fingerprint density at radius 3 is 3.04 bits per heavy atom. The molecule has 1 aliphatic rings. The highest BCUT2D eigenvalue weighted by Crippen LogP contribution is 2.15. The van der Waals surface area contributed by atoms with Crippen molar-refractivity contribution in [3.63, 3.8) is 0 Å². The molecule has 6 nitrogen and oxygen atoms in total. The van der Waals surface area contributed by atoms with Crippen LogP contribution in [0.15, 0.2) is 22.5 Å². The fourth-order valence-corrected chi connectivity index (χ4v) is 3.97. The van der Waals surface area contributed by atoms with Crippen molar-refractivity contribution in [3.8, 4) is 0 Å².